The van der Waals surface area contributed by atoms with Gasteiger partial charge in [0.1, 0.15) is 0 Å². The Morgan fingerprint density at radius 1 is 1.70 bits per heavy atom. The maximum atomic E-state index is 10.7. The van der Waals surface area contributed by atoms with Crippen LogP contribution >= 0.6 is 15.9 Å². The van der Waals surface area contributed by atoms with Crippen molar-refractivity contribution in [3.63, 3.8) is 0 Å². The molecule has 0 saturated carbocycles. The van der Waals surface area contributed by atoms with Gasteiger partial charge < -0.3 is 4.74 Å². The molecule has 0 N–H and O–H groups in total. The van der Waals surface area contributed by atoms with Crippen molar-refractivity contribution in [2.75, 3.05) is 7.11 Å². The Kier molecular flexibility index (Phi) is 5.30. The molecule has 0 fully saturated rings. The molecule has 0 atom stereocenters. The van der Waals surface area contributed by atoms with Crippen LogP contribution in [0.3, 0.4) is 0 Å². The third-order valence-corrected chi connectivity index (χ3v) is 1.64. The zero-order valence-electron chi connectivity index (χ0n) is 6.19. The number of esters is 1. The Balaban J connectivity index is 3.80. The Hall–Kier alpha value is -0.310. The highest BCUT2D eigenvalue weighted by molar-refractivity contribution is 9.12. The topological polar surface area (TPSA) is 26.3 Å². The summed E-state index contributed by atoms with van der Waals surface area (Å²) in [6, 6.07) is 0. The van der Waals surface area contributed by atoms with Crippen LogP contribution in [0, 0.1) is 0 Å². The third kappa shape index (κ3) is 3.67. The number of allylic oxidation sites excluding steroid dienone is 1. The van der Waals surface area contributed by atoms with E-state index >= 15 is 0 Å². The molecule has 0 bridgehead atoms. The van der Waals surface area contributed by atoms with Gasteiger partial charge in [0.2, 0.25) is 0 Å². The predicted octanol–water partition coefficient (Wildman–Crippen LogP) is 2.24. The molecule has 0 aliphatic rings. The molecule has 0 rings (SSSR count). The van der Waals surface area contributed by atoms with Gasteiger partial charge in [-0.05, 0) is 22.4 Å². The molecule has 2 nitrogen and oxygen atoms in total. The third-order valence-electron chi connectivity index (χ3n) is 0.993. The van der Waals surface area contributed by atoms with Crippen molar-refractivity contribution in [1.29, 1.82) is 0 Å². The summed E-state index contributed by atoms with van der Waals surface area (Å²) in [5.74, 6) is -0.312. The molecular formula is C7H11BrO2. The van der Waals surface area contributed by atoms with E-state index in [-0.39, 0.29) is 5.97 Å². The summed E-state index contributed by atoms with van der Waals surface area (Å²) in [7, 11) is 1.36. The van der Waals surface area contributed by atoms with Crippen molar-refractivity contribution in [3.05, 3.63) is 10.6 Å². The zero-order chi connectivity index (χ0) is 7.98. The second kappa shape index (κ2) is 5.47. The van der Waals surface area contributed by atoms with Crippen LogP contribution in [-0.4, -0.2) is 13.1 Å². The number of ether oxygens (including phenoxy) is 1. The van der Waals surface area contributed by atoms with Crippen LogP contribution in [0.2, 0.25) is 0 Å². The molecule has 0 aromatic heterocycles. The lowest BCUT2D eigenvalue weighted by molar-refractivity contribution is -0.135. The predicted molar refractivity (Wildman–Crippen MR) is 43.9 cm³/mol. The standard InChI is InChI=1S/C7H11BrO2/c1-3-4-5-6(8)7(9)10-2/h5H,3-4H2,1-2H3/b6-5-. The van der Waals surface area contributed by atoms with Crippen molar-refractivity contribution in [1.82, 2.24) is 0 Å². The molecule has 0 amide bonds. The lowest BCUT2D eigenvalue weighted by Crippen LogP contribution is -1.98. The van der Waals surface area contributed by atoms with E-state index in [4.69, 9.17) is 0 Å². The van der Waals surface area contributed by atoms with Crippen LogP contribution in [0.4, 0.5) is 0 Å². The molecule has 0 spiro atoms. The Labute approximate surface area is 69.4 Å². The largest absolute Gasteiger partial charge is 0.465 e. The molecule has 0 aromatic carbocycles. The summed E-state index contributed by atoms with van der Waals surface area (Å²) in [4.78, 5) is 10.7. The molecule has 0 unspecified atom stereocenters. The van der Waals surface area contributed by atoms with Crippen LogP contribution in [0.15, 0.2) is 10.6 Å². The molecule has 0 saturated heterocycles. The molecule has 0 aliphatic carbocycles. The average Bonchev–Trinajstić information content (AvgIpc) is 1.98. The van der Waals surface area contributed by atoms with Crippen molar-refractivity contribution < 1.29 is 9.53 Å². The molecule has 0 radical (unpaired) electrons. The SMILES string of the molecule is CCC/C=C(\Br)C(=O)OC. The Morgan fingerprint density at radius 3 is 2.70 bits per heavy atom. The van der Waals surface area contributed by atoms with E-state index < -0.39 is 0 Å². The van der Waals surface area contributed by atoms with E-state index in [9.17, 15) is 4.79 Å². The summed E-state index contributed by atoms with van der Waals surface area (Å²) in [5, 5.41) is 0. The van der Waals surface area contributed by atoms with Crippen molar-refractivity contribution in [2.45, 2.75) is 19.8 Å². The number of rotatable bonds is 3. The minimum absolute atomic E-state index is 0.312. The first-order chi connectivity index (χ1) is 4.72. The van der Waals surface area contributed by atoms with Gasteiger partial charge in [-0.2, -0.15) is 0 Å². The first-order valence-corrected chi connectivity index (χ1v) is 3.95. The summed E-state index contributed by atoms with van der Waals surface area (Å²) in [6.45, 7) is 2.05. The normalized spacial score (nSPS) is 11.3. The van der Waals surface area contributed by atoms with Crippen LogP contribution < -0.4 is 0 Å². The number of hydrogen-bond donors (Lipinski definition) is 0. The van der Waals surface area contributed by atoms with Crippen molar-refractivity contribution >= 4 is 21.9 Å². The van der Waals surface area contributed by atoms with Gasteiger partial charge >= 0.3 is 5.97 Å². The molecule has 10 heavy (non-hydrogen) atoms. The van der Waals surface area contributed by atoms with Gasteiger partial charge in [-0.3, -0.25) is 0 Å². The lowest BCUT2D eigenvalue weighted by atomic mass is 10.3. The highest BCUT2D eigenvalue weighted by Gasteiger charge is 2.02. The lowest BCUT2D eigenvalue weighted by Gasteiger charge is -1.94. The molecule has 58 valence electrons. The fourth-order valence-corrected chi connectivity index (χ4v) is 0.843. The zero-order valence-corrected chi connectivity index (χ0v) is 7.77. The highest BCUT2D eigenvalue weighted by Crippen LogP contribution is 2.08. The quantitative estimate of drug-likeness (QED) is 0.524. The van der Waals surface area contributed by atoms with E-state index in [1.54, 1.807) is 0 Å². The number of carbonyl (C=O) groups excluding carboxylic acids is 1. The fourth-order valence-electron chi connectivity index (χ4n) is 0.452. The number of halogens is 1. The number of unbranched alkanes of at least 4 members (excludes halogenated alkanes) is 1. The molecular weight excluding hydrogens is 196 g/mol. The van der Waals surface area contributed by atoms with E-state index in [0.717, 1.165) is 12.8 Å². The molecule has 3 heteroatoms. The van der Waals surface area contributed by atoms with Crippen LogP contribution in [0.25, 0.3) is 0 Å². The van der Waals surface area contributed by atoms with Gasteiger partial charge in [-0.15, -0.1) is 0 Å². The first-order valence-electron chi connectivity index (χ1n) is 3.16. The Morgan fingerprint density at radius 2 is 2.30 bits per heavy atom. The van der Waals surface area contributed by atoms with E-state index in [1.165, 1.54) is 7.11 Å². The molecule has 0 aliphatic heterocycles. The second-order valence-electron chi connectivity index (χ2n) is 1.83. The monoisotopic (exact) mass is 206 g/mol. The smallest absolute Gasteiger partial charge is 0.344 e. The summed E-state index contributed by atoms with van der Waals surface area (Å²) >= 11 is 3.09. The minimum Gasteiger partial charge on any atom is -0.465 e. The van der Waals surface area contributed by atoms with Crippen LogP contribution in [0.1, 0.15) is 19.8 Å². The van der Waals surface area contributed by atoms with Crippen molar-refractivity contribution in [2.24, 2.45) is 0 Å². The summed E-state index contributed by atoms with van der Waals surface area (Å²) < 4.78 is 4.97. The average molecular weight is 207 g/mol. The maximum absolute atomic E-state index is 10.7. The Bertz CT molecular complexity index is 141. The summed E-state index contributed by atoms with van der Waals surface area (Å²) in [6.07, 6.45) is 3.74. The maximum Gasteiger partial charge on any atom is 0.344 e. The van der Waals surface area contributed by atoms with E-state index in [1.807, 2.05) is 13.0 Å². The van der Waals surface area contributed by atoms with Crippen LogP contribution in [-0.2, 0) is 9.53 Å². The fraction of sp³-hybridized carbons (Fsp3) is 0.571. The molecule has 0 heterocycles. The van der Waals surface area contributed by atoms with Gasteiger partial charge in [-0.25, -0.2) is 4.79 Å². The van der Waals surface area contributed by atoms with Gasteiger partial charge in [0.25, 0.3) is 0 Å². The van der Waals surface area contributed by atoms with E-state index in [2.05, 4.69) is 20.7 Å². The van der Waals surface area contributed by atoms with Gasteiger partial charge in [0, 0.05) is 0 Å². The van der Waals surface area contributed by atoms with E-state index in [0.29, 0.717) is 4.48 Å². The number of hydrogen-bond acceptors (Lipinski definition) is 2. The highest BCUT2D eigenvalue weighted by atomic mass is 79.9. The molecule has 0 aromatic rings. The summed E-state index contributed by atoms with van der Waals surface area (Å²) in [5.41, 5.74) is 0. The van der Waals surface area contributed by atoms with Gasteiger partial charge in [-0.1, -0.05) is 19.4 Å². The number of methoxy groups -OCH3 is 1. The number of carbonyl (C=O) groups is 1. The van der Waals surface area contributed by atoms with Gasteiger partial charge in [0.05, 0.1) is 11.6 Å². The first kappa shape index (κ1) is 9.69. The van der Waals surface area contributed by atoms with Gasteiger partial charge in [0.15, 0.2) is 0 Å². The van der Waals surface area contributed by atoms with Crippen LogP contribution in [0.5, 0.6) is 0 Å². The second-order valence-corrected chi connectivity index (χ2v) is 2.69. The minimum atomic E-state index is -0.312. The van der Waals surface area contributed by atoms with Crippen molar-refractivity contribution in [3.8, 4) is 0 Å².